The van der Waals surface area contributed by atoms with Gasteiger partial charge in [-0.05, 0) is 63.2 Å². The topological polar surface area (TPSA) is 45.5 Å². The quantitative estimate of drug-likeness (QED) is 0.890. The van der Waals surface area contributed by atoms with Crippen LogP contribution in [0.1, 0.15) is 51.3 Å². The lowest BCUT2D eigenvalue weighted by molar-refractivity contribution is -0.136. The van der Waals surface area contributed by atoms with Gasteiger partial charge in [0.15, 0.2) is 0 Å². The summed E-state index contributed by atoms with van der Waals surface area (Å²) in [7, 11) is 0. The van der Waals surface area contributed by atoms with Crippen LogP contribution in [0.5, 0.6) is 0 Å². The second-order valence-electron chi connectivity index (χ2n) is 7.76. The van der Waals surface area contributed by atoms with Crippen LogP contribution in [-0.4, -0.2) is 30.4 Å². The smallest absolute Gasteiger partial charge is 0.226 e. The van der Waals surface area contributed by atoms with Crippen molar-refractivity contribution in [3.8, 4) is 0 Å². The Morgan fingerprint density at radius 3 is 2.84 bits per heavy atom. The van der Waals surface area contributed by atoms with Gasteiger partial charge in [0.1, 0.15) is 11.3 Å². The molecule has 1 aromatic carbocycles. The normalized spacial score (nSPS) is 22.9. The van der Waals surface area contributed by atoms with E-state index in [9.17, 15) is 4.79 Å². The van der Waals surface area contributed by atoms with E-state index in [4.69, 9.17) is 4.42 Å². The molecule has 1 N–H and O–H groups in total. The van der Waals surface area contributed by atoms with Crippen LogP contribution in [0.3, 0.4) is 0 Å². The summed E-state index contributed by atoms with van der Waals surface area (Å²) in [6, 6.07) is 10.1. The summed E-state index contributed by atoms with van der Waals surface area (Å²) in [5.74, 6) is 1.44. The van der Waals surface area contributed by atoms with Gasteiger partial charge < -0.3 is 14.6 Å². The molecule has 1 aliphatic carbocycles. The Hall–Kier alpha value is -1.81. The number of nitrogens with zero attached hydrogens (tertiary/aromatic N) is 1. The number of carbonyl (C=O) groups is 1. The molecule has 2 heterocycles. The zero-order valence-electron chi connectivity index (χ0n) is 15.3. The Morgan fingerprint density at radius 2 is 2.12 bits per heavy atom. The van der Waals surface area contributed by atoms with E-state index in [1.54, 1.807) is 0 Å². The average Bonchev–Trinajstić information content (AvgIpc) is 3.14. The minimum Gasteiger partial charge on any atom is -0.459 e. The van der Waals surface area contributed by atoms with Crippen molar-refractivity contribution < 1.29 is 9.21 Å². The predicted molar refractivity (Wildman–Crippen MR) is 99.3 cm³/mol. The van der Waals surface area contributed by atoms with E-state index < -0.39 is 0 Å². The molecule has 25 heavy (non-hydrogen) atoms. The fourth-order valence-corrected chi connectivity index (χ4v) is 4.47. The number of para-hydroxylation sites is 1. The lowest BCUT2D eigenvalue weighted by atomic mass is 9.91. The van der Waals surface area contributed by atoms with Crippen LogP contribution >= 0.6 is 0 Å². The number of piperidine rings is 1. The molecular weight excluding hydrogens is 312 g/mol. The maximum Gasteiger partial charge on any atom is 0.226 e. The van der Waals surface area contributed by atoms with Gasteiger partial charge in [-0.25, -0.2) is 0 Å². The highest BCUT2D eigenvalue weighted by molar-refractivity contribution is 5.83. The van der Waals surface area contributed by atoms with Crippen molar-refractivity contribution in [2.24, 2.45) is 11.3 Å². The van der Waals surface area contributed by atoms with Gasteiger partial charge in [0.05, 0.1) is 6.04 Å². The van der Waals surface area contributed by atoms with Crippen molar-refractivity contribution in [1.29, 1.82) is 0 Å². The minimum atomic E-state index is -0.0146. The number of nitrogens with one attached hydrogen (secondary N) is 1. The van der Waals surface area contributed by atoms with Crippen LogP contribution in [0.4, 0.5) is 0 Å². The number of hydrogen-bond acceptors (Lipinski definition) is 3. The van der Waals surface area contributed by atoms with Crippen LogP contribution < -0.4 is 5.32 Å². The molecule has 134 valence electrons. The number of rotatable bonds is 5. The second kappa shape index (κ2) is 6.49. The van der Waals surface area contributed by atoms with Gasteiger partial charge in [0.2, 0.25) is 5.91 Å². The Morgan fingerprint density at radius 1 is 1.36 bits per heavy atom. The van der Waals surface area contributed by atoms with E-state index in [0.29, 0.717) is 5.91 Å². The van der Waals surface area contributed by atoms with Gasteiger partial charge >= 0.3 is 0 Å². The summed E-state index contributed by atoms with van der Waals surface area (Å²) in [6.45, 7) is 7.14. The minimum absolute atomic E-state index is 0.0146. The van der Waals surface area contributed by atoms with Gasteiger partial charge in [-0.1, -0.05) is 25.1 Å². The van der Waals surface area contributed by atoms with Crippen LogP contribution in [0.25, 0.3) is 11.0 Å². The average molecular weight is 340 g/mol. The van der Waals surface area contributed by atoms with Crippen LogP contribution in [0.15, 0.2) is 34.7 Å². The molecule has 1 saturated heterocycles. The van der Waals surface area contributed by atoms with Crippen molar-refractivity contribution in [3.05, 3.63) is 36.1 Å². The van der Waals surface area contributed by atoms with Crippen LogP contribution in [0, 0.1) is 11.3 Å². The molecule has 4 rings (SSSR count). The third kappa shape index (κ3) is 2.97. The summed E-state index contributed by atoms with van der Waals surface area (Å²) < 4.78 is 6.04. The maximum absolute atomic E-state index is 13.3. The molecule has 0 bridgehead atoms. The number of fused-ring (bicyclic) bond motifs is 1. The van der Waals surface area contributed by atoms with E-state index >= 15 is 0 Å². The van der Waals surface area contributed by atoms with Gasteiger partial charge in [-0.2, -0.15) is 0 Å². The fourth-order valence-electron chi connectivity index (χ4n) is 4.47. The highest BCUT2D eigenvalue weighted by Crippen LogP contribution is 2.59. The van der Waals surface area contributed by atoms with Gasteiger partial charge in [0.25, 0.3) is 0 Å². The summed E-state index contributed by atoms with van der Waals surface area (Å²) in [6.07, 6.45) is 4.32. The molecule has 1 aromatic heterocycles. The van der Waals surface area contributed by atoms with E-state index in [2.05, 4.69) is 36.2 Å². The van der Waals surface area contributed by atoms with Crippen molar-refractivity contribution in [1.82, 2.24) is 10.2 Å². The highest BCUT2D eigenvalue weighted by atomic mass is 16.3. The molecule has 4 nitrogen and oxygen atoms in total. The van der Waals surface area contributed by atoms with E-state index in [0.717, 1.165) is 62.0 Å². The molecule has 2 unspecified atom stereocenters. The first kappa shape index (κ1) is 16.6. The molecule has 1 spiro atoms. The molecule has 1 amide bonds. The molecule has 2 aliphatic rings. The Balaban J connectivity index is 1.55. The van der Waals surface area contributed by atoms with Gasteiger partial charge in [-0.3, -0.25) is 4.79 Å². The Kier molecular flexibility index (Phi) is 4.32. The van der Waals surface area contributed by atoms with E-state index in [1.165, 1.54) is 0 Å². The number of furan rings is 1. The predicted octanol–water partition coefficient (Wildman–Crippen LogP) is 4.12. The lowest BCUT2D eigenvalue weighted by Gasteiger charge is -2.30. The zero-order valence-corrected chi connectivity index (χ0v) is 15.3. The highest BCUT2D eigenvalue weighted by Gasteiger charge is 2.58. The summed E-state index contributed by atoms with van der Waals surface area (Å²) in [4.78, 5) is 15.3. The number of amides is 1. The molecule has 2 fully saturated rings. The van der Waals surface area contributed by atoms with Crippen molar-refractivity contribution in [3.63, 3.8) is 0 Å². The zero-order chi connectivity index (χ0) is 17.4. The molecule has 1 aliphatic heterocycles. The second-order valence-corrected chi connectivity index (χ2v) is 7.76. The standard InChI is InChI=1S/C21H28N2O2/c1-3-12-23(20(24)17-14-21(17)8-10-22-11-9-21)15(2)19-13-16-6-4-5-7-18(16)25-19/h4-7,13,15,17,22H,3,8-12,14H2,1-2H3. The first-order valence-corrected chi connectivity index (χ1v) is 9.64. The van der Waals surface area contributed by atoms with Crippen LogP contribution in [0.2, 0.25) is 0 Å². The first-order chi connectivity index (χ1) is 12.1. The molecule has 1 saturated carbocycles. The number of benzene rings is 1. The van der Waals surface area contributed by atoms with Crippen molar-refractivity contribution in [2.75, 3.05) is 19.6 Å². The number of carbonyl (C=O) groups excluding carboxylic acids is 1. The summed E-state index contributed by atoms with van der Waals surface area (Å²) in [5.41, 5.74) is 1.18. The Labute approximate surface area is 149 Å². The molecule has 2 aromatic rings. The molecular formula is C21H28N2O2. The van der Waals surface area contributed by atoms with Gasteiger partial charge in [0, 0.05) is 17.8 Å². The van der Waals surface area contributed by atoms with Crippen molar-refractivity contribution >= 4 is 16.9 Å². The molecule has 2 atom stereocenters. The fraction of sp³-hybridized carbons (Fsp3) is 0.571. The SMILES string of the molecule is CCCN(C(=O)C1CC12CCNCC2)C(C)c1cc2ccccc2o1. The maximum atomic E-state index is 13.3. The number of hydrogen-bond donors (Lipinski definition) is 1. The van der Waals surface area contributed by atoms with E-state index in [1.807, 2.05) is 18.2 Å². The third-order valence-corrected chi connectivity index (χ3v) is 6.16. The van der Waals surface area contributed by atoms with Gasteiger partial charge in [-0.15, -0.1) is 0 Å². The Bertz CT molecular complexity index is 727. The van der Waals surface area contributed by atoms with Crippen LogP contribution in [-0.2, 0) is 4.79 Å². The van der Waals surface area contributed by atoms with E-state index in [-0.39, 0.29) is 17.4 Å². The third-order valence-electron chi connectivity index (χ3n) is 6.16. The summed E-state index contributed by atoms with van der Waals surface area (Å²) in [5, 5.41) is 4.52. The largest absolute Gasteiger partial charge is 0.459 e. The monoisotopic (exact) mass is 340 g/mol. The van der Waals surface area contributed by atoms with Crippen molar-refractivity contribution in [2.45, 2.75) is 45.6 Å². The lowest BCUT2D eigenvalue weighted by Crippen LogP contribution is -2.38. The first-order valence-electron chi connectivity index (χ1n) is 9.64. The summed E-state index contributed by atoms with van der Waals surface area (Å²) >= 11 is 0. The molecule has 0 radical (unpaired) electrons. The molecule has 4 heteroatoms.